The van der Waals surface area contributed by atoms with Gasteiger partial charge >= 0.3 is 5.97 Å². The molecule has 0 aromatic rings. The molecule has 0 heterocycles. The molecule has 0 aliphatic rings. The molecule has 0 aromatic carbocycles. The first-order chi connectivity index (χ1) is 7.93. The number of nitrogens with one attached hydrogen (secondary N) is 1. The number of rotatable bonds is 10. The summed E-state index contributed by atoms with van der Waals surface area (Å²) in [6, 6.07) is -1.03. The molecule has 0 bridgehead atoms. The summed E-state index contributed by atoms with van der Waals surface area (Å²) in [5.74, 6) is -1.25. The molecule has 0 fully saturated rings. The van der Waals surface area contributed by atoms with Crippen molar-refractivity contribution < 1.29 is 23.1 Å². The van der Waals surface area contributed by atoms with Gasteiger partial charge in [0, 0.05) is 13.7 Å². The van der Waals surface area contributed by atoms with E-state index in [9.17, 15) is 13.2 Å². The van der Waals surface area contributed by atoms with E-state index in [1.54, 1.807) is 0 Å². The Balaban J connectivity index is 4.27. The van der Waals surface area contributed by atoms with Crippen LogP contribution in [-0.4, -0.2) is 45.0 Å². The van der Waals surface area contributed by atoms with Crippen molar-refractivity contribution in [3.8, 4) is 0 Å². The minimum absolute atomic E-state index is 0.114. The summed E-state index contributed by atoms with van der Waals surface area (Å²) in [6.07, 6.45) is 2.17. The Kier molecular flexibility index (Phi) is 8.11. The number of hydrogen-bond donors (Lipinski definition) is 2. The van der Waals surface area contributed by atoms with Crippen molar-refractivity contribution in [1.29, 1.82) is 0 Å². The Morgan fingerprint density at radius 2 is 2.06 bits per heavy atom. The molecule has 0 spiro atoms. The van der Waals surface area contributed by atoms with E-state index in [0.29, 0.717) is 25.9 Å². The van der Waals surface area contributed by atoms with Crippen LogP contribution in [0.3, 0.4) is 0 Å². The lowest BCUT2D eigenvalue weighted by atomic mass is 10.1. The first-order valence-electron chi connectivity index (χ1n) is 5.64. The van der Waals surface area contributed by atoms with Crippen LogP contribution in [0.2, 0.25) is 0 Å². The van der Waals surface area contributed by atoms with Gasteiger partial charge in [0.1, 0.15) is 6.04 Å². The Morgan fingerprint density at radius 1 is 1.41 bits per heavy atom. The van der Waals surface area contributed by atoms with Crippen LogP contribution in [0.15, 0.2) is 0 Å². The highest BCUT2D eigenvalue weighted by atomic mass is 32.2. The average Bonchev–Trinajstić information content (AvgIpc) is 2.24. The molecular formula is C10H21NO5S. The van der Waals surface area contributed by atoms with Gasteiger partial charge in [0.2, 0.25) is 10.0 Å². The number of unbranched alkanes of at least 4 members (excludes halogenated alkanes) is 1. The number of carboxylic acid groups (broad SMARTS) is 1. The maximum atomic E-state index is 11.6. The normalized spacial score (nSPS) is 13.5. The highest BCUT2D eigenvalue weighted by molar-refractivity contribution is 7.89. The molecule has 0 unspecified atom stereocenters. The minimum Gasteiger partial charge on any atom is -0.480 e. The highest BCUT2D eigenvalue weighted by Gasteiger charge is 2.22. The molecular weight excluding hydrogens is 246 g/mol. The van der Waals surface area contributed by atoms with Crippen molar-refractivity contribution in [2.75, 3.05) is 19.5 Å². The number of carboxylic acids is 1. The lowest BCUT2D eigenvalue weighted by Gasteiger charge is -2.14. The molecule has 6 nitrogen and oxygen atoms in total. The molecule has 7 heteroatoms. The lowest BCUT2D eigenvalue weighted by Crippen LogP contribution is -2.41. The van der Waals surface area contributed by atoms with Gasteiger partial charge in [0.15, 0.2) is 0 Å². The van der Waals surface area contributed by atoms with Crippen LogP contribution in [0, 0.1) is 0 Å². The predicted molar refractivity (Wildman–Crippen MR) is 64.4 cm³/mol. The third kappa shape index (κ3) is 8.12. The van der Waals surface area contributed by atoms with Gasteiger partial charge in [0.05, 0.1) is 5.75 Å². The zero-order chi connectivity index (χ0) is 13.3. The summed E-state index contributed by atoms with van der Waals surface area (Å²) in [5.41, 5.74) is 0. The summed E-state index contributed by atoms with van der Waals surface area (Å²) in [6.45, 7) is 2.26. The second-order valence-corrected chi connectivity index (χ2v) is 5.69. The lowest BCUT2D eigenvalue weighted by molar-refractivity contribution is -0.139. The SMILES string of the molecule is CCCC[C@H](NS(=O)(=O)CCCOC)C(=O)O. The molecule has 0 aliphatic carbocycles. The van der Waals surface area contributed by atoms with Gasteiger partial charge < -0.3 is 9.84 Å². The van der Waals surface area contributed by atoms with Gasteiger partial charge in [-0.1, -0.05) is 19.8 Å². The van der Waals surface area contributed by atoms with E-state index in [1.165, 1.54) is 7.11 Å². The molecule has 17 heavy (non-hydrogen) atoms. The van der Waals surface area contributed by atoms with Gasteiger partial charge in [-0.2, -0.15) is 0 Å². The Hall–Kier alpha value is -0.660. The maximum absolute atomic E-state index is 11.6. The van der Waals surface area contributed by atoms with Gasteiger partial charge in [0.25, 0.3) is 0 Å². The minimum atomic E-state index is -3.54. The van der Waals surface area contributed by atoms with Crippen molar-refractivity contribution >= 4 is 16.0 Å². The van der Waals surface area contributed by atoms with Crippen LogP contribution < -0.4 is 4.72 Å². The van der Waals surface area contributed by atoms with Crippen molar-refractivity contribution in [3.63, 3.8) is 0 Å². The molecule has 0 amide bonds. The average molecular weight is 267 g/mol. The molecule has 0 saturated heterocycles. The first-order valence-corrected chi connectivity index (χ1v) is 7.30. The summed E-state index contributed by atoms with van der Waals surface area (Å²) in [5, 5.41) is 8.88. The van der Waals surface area contributed by atoms with E-state index in [0.717, 1.165) is 6.42 Å². The van der Waals surface area contributed by atoms with Gasteiger partial charge in [-0.25, -0.2) is 13.1 Å². The standard InChI is InChI=1S/C10H21NO5S/c1-3-4-6-9(10(12)13)11-17(14,15)8-5-7-16-2/h9,11H,3-8H2,1-2H3,(H,12,13)/t9-/m0/s1. The molecule has 0 radical (unpaired) electrons. The molecule has 0 rings (SSSR count). The number of carbonyl (C=O) groups is 1. The molecule has 102 valence electrons. The van der Waals surface area contributed by atoms with Crippen LogP contribution in [0.1, 0.15) is 32.6 Å². The molecule has 0 aromatic heterocycles. The molecule has 0 aliphatic heterocycles. The van der Waals surface area contributed by atoms with E-state index in [4.69, 9.17) is 9.84 Å². The smallest absolute Gasteiger partial charge is 0.321 e. The van der Waals surface area contributed by atoms with E-state index < -0.39 is 22.0 Å². The molecule has 0 saturated carbocycles. The topological polar surface area (TPSA) is 92.7 Å². The molecule has 2 N–H and O–H groups in total. The zero-order valence-corrected chi connectivity index (χ0v) is 11.1. The van der Waals surface area contributed by atoms with Gasteiger partial charge in [-0.05, 0) is 12.8 Å². The van der Waals surface area contributed by atoms with Crippen molar-refractivity contribution in [1.82, 2.24) is 4.72 Å². The second kappa shape index (κ2) is 8.43. The van der Waals surface area contributed by atoms with Crippen LogP contribution in [0.4, 0.5) is 0 Å². The predicted octanol–water partition coefficient (Wildman–Crippen LogP) is 0.586. The fourth-order valence-corrected chi connectivity index (χ4v) is 2.58. The van der Waals surface area contributed by atoms with Crippen molar-refractivity contribution in [2.24, 2.45) is 0 Å². The van der Waals surface area contributed by atoms with Crippen LogP contribution in [-0.2, 0) is 19.6 Å². The quantitative estimate of drug-likeness (QED) is 0.565. The first kappa shape index (κ1) is 16.3. The van der Waals surface area contributed by atoms with E-state index in [-0.39, 0.29) is 5.75 Å². The zero-order valence-electron chi connectivity index (χ0n) is 10.3. The maximum Gasteiger partial charge on any atom is 0.321 e. The van der Waals surface area contributed by atoms with E-state index in [1.807, 2.05) is 6.92 Å². The Bertz CT molecular complexity index is 315. The largest absolute Gasteiger partial charge is 0.480 e. The van der Waals surface area contributed by atoms with Gasteiger partial charge in [-0.3, -0.25) is 4.79 Å². The van der Waals surface area contributed by atoms with Crippen molar-refractivity contribution in [2.45, 2.75) is 38.6 Å². The highest BCUT2D eigenvalue weighted by Crippen LogP contribution is 2.03. The van der Waals surface area contributed by atoms with Crippen LogP contribution in [0.25, 0.3) is 0 Å². The number of ether oxygens (including phenoxy) is 1. The van der Waals surface area contributed by atoms with E-state index >= 15 is 0 Å². The summed E-state index contributed by atoms with van der Waals surface area (Å²) in [7, 11) is -2.05. The monoisotopic (exact) mass is 267 g/mol. The second-order valence-electron chi connectivity index (χ2n) is 3.82. The van der Waals surface area contributed by atoms with Crippen LogP contribution >= 0.6 is 0 Å². The Labute approximate surface area is 102 Å². The van der Waals surface area contributed by atoms with Crippen LogP contribution in [0.5, 0.6) is 0 Å². The summed E-state index contributed by atoms with van der Waals surface area (Å²) in [4.78, 5) is 10.9. The third-order valence-electron chi connectivity index (χ3n) is 2.23. The van der Waals surface area contributed by atoms with E-state index in [2.05, 4.69) is 4.72 Å². The third-order valence-corrected chi connectivity index (χ3v) is 3.70. The number of methoxy groups -OCH3 is 1. The van der Waals surface area contributed by atoms with Gasteiger partial charge in [-0.15, -0.1) is 0 Å². The Morgan fingerprint density at radius 3 is 2.53 bits per heavy atom. The number of hydrogen-bond acceptors (Lipinski definition) is 4. The number of aliphatic carboxylic acids is 1. The fourth-order valence-electron chi connectivity index (χ4n) is 1.31. The number of sulfonamides is 1. The fraction of sp³-hybridized carbons (Fsp3) is 0.900. The summed E-state index contributed by atoms with van der Waals surface area (Å²) >= 11 is 0. The molecule has 1 atom stereocenters. The van der Waals surface area contributed by atoms with Crippen molar-refractivity contribution in [3.05, 3.63) is 0 Å². The summed E-state index contributed by atoms with van der Waals surface area (Å²) < 4.78 is 30.1.